The largest absolute Gasteiger partial charge is 0.481 e. The summed E-state index contributed by atoms with van der Waals surface area (Å²) in [4.78, 5) is 15.1. The number of nitrogens with one attached hydrogen (secondary N) is 2. The zero-order valence-corrected chi connectivity index (χ0v) is 9.19. The number of rotatable bonds is 4. The molecule has 0 bridgehead atoms. The van der Waals surface area contributed by atoms with Crippen LogP contribution in [0.4, 0.5) is 5.69 Å². The summed E-state index contributed by atoms with van der Waals surface area (Å²) in [5.74, 6) is 0.736. The van der Waals surface area contributed by atoms with Crippen LogP contribution in [0.5, 0.6) is 5.88 Å². The van der Waals surface area contributed by atoms with E-state index in [0.29, 0.717) is 12.3 Å². The summed E-state index contributed by atoms with van der Waals surface area (Å²) < 4.78 is 4.97. The van der Waals surface area contributed by atoms with Gasteiger partial charge in [0, 0.05) is 25.1 Å². The second-order valence-electron chi connectivity index (χ2n) is 3.77. The lowest BCUT2D eigenvalue weighted by atomic mass is 10.2. The third-order valence-electron chi connectivity index (χ3n) is 2.58. The molecular weight excluding hydrogens is 206 g/mol. The summed E-state index contributed by atoms with van der Waals surface area (Å²) in [5.41, 5.74) is 0.932. The fraction of sp³-hybridized carbons (Fsp3) is 0.455. The van der Waals surface area contributed by atoms with Crippen molar-refractivity contribution >= 4 is 11.6 Å². The molecule has 86 valence electrons. The average Bonchev–Trinajstić information content (AvgIpc) is 2.73. The number of amides is 1. The highest BCUT2D eigenvalue weighted by atomic mass is 16.5. The number of nitrogens with zero attached hydrogens (tertiary/aromatic N) is 1. The van der Waals surface area contributed by atoms with Crippen molar-refractivity contribution in [3.63, 3.8) is 0 Å². The van der Waals surface area contributed by atoms with Crippen LogP contribution in [0.25, 0.3) is 0 Å². The van der Waals surface area contributed by atoms with E-state index in [9.17, 15) is 4.79 Å². The molecule has 0 saturated carbocycles. The van der Waals surface area contributed by atoms with Crippen LogP contribution in [-0.2, 0) is 4.79 Å². The van der Waals surface area contributed by atoms with Crippen LogP contribution in [0.1, 0.15) is 12.8 Å². The van der Waals surface area contributed by atoms with E-state index in [0.717, 1.165) is 18.7 Å². The SMILES string of the molecule is COc1ccc(NCC2CCC(=O)N2)cn1. The van der Waals surface area contributed by atoms with Crippen LogP contribution in [0.3, 0.4) is 0 Å². The number of carbonyl (C=O) groups excluding carboxylic acids is 1. The van der Waals surface area contributed by atoms with Crippen molar-refractivity contribution < 1.29 is 9.53 Å². The van der Waals surface area contributed by atoms with Crippen molar-refractivity contribution in [3.8, 4) is 5.88 Å². The smallest absolute Gasteiger partial charge is 0.220 e. The maximum atomic E-state index is 11.0. The van der Waals surface area contributed by atoms with Crippen LogP contribution >= 0.6 is 0 Å². The first-order valence-corrected chi connectivity index (χ1v) is 5.31. The number of anilines is 1. The van der Waals surface area contributed by atoms with Gasteiger partial charge in [0.15, 0.2) is 0 Å². The predicted molar refractivity (Wildman–Crippen MR) is 60.4 cm³/mol. The molecule has 1 aliphatic heterocycles. The van der Waals surface area contributed by atoms with Gasteiger partial charge in [-0.1, -0.05) is 0 Å². The molecule has 1 saturated heterocycles. The topological polar surface area (TPSA) is 63.2 Å². The molecule has 0 radical (unpaired) electrons. The molecule has 0 aliphatic carbocycles. The van der Waals surface area contributed by atoms with Crippen LogP contribution in [-0.4, -0.2) is 30.6 Å². The van der Waals surface area contributed by atoms with E-state index in [1.807, 2.05) is 6.07 Å². The summed E-state index contributed by atoms with van der Waals surface area (Å²) in [6.45, 7) is 0.736. The van der Waals surface area contributed by atoms with E-state index in [-0.39, 0.29) is 11.9 Å². The first kappa shape index (κ1) is 10.7. The third kappa shape index (κ3) is 2.62. The van der Waals surface area contributed by atoms with Gasteiger partial charge in [-0.25, -0.2) is 4.98 Å². The van der Waals surface area contributed by atoms with E-state index >= 15 is 0 Å². The van der Waals surface area contributed by atoms with Crippen LogP contribution in [0, 0.1) is 0 Å². The van der Waals surface area contributed by atoms with E-state index in [1.54, 1.807) is 19.4 Å². The normalized spacial score (nSPS) is 19.3. The first-order chi connectivity index (χ1) is 7.78. The minimum absolute atomic E-state index is 0.139. The van der Waals surface area contributed by atoms with Crippen LogP contribution < -0.4 is 15.4 Å². The lowest BCUT2D eigenvalue weighted by Crippen LogP contribution is -2.31. The van der Waals surface area contributed by atoms with Gasteiger partial charge < -0.3 is 15.4 Å². The Morgan fingerprint density at radius 3 is 3.06 bits per heavy atom. The number of methoxy groups -OCH3 is 1. The second kappa shape index (κ2) is 4.83. The number of hydrogen-bond donors (Lipinski definition) is 2. The molecule has 2 N–H and O–H groups in total. The van der Waals surface area contributed by atoms with Crippen LogP contribution in [0.15, 0.2) is 18.3 Å². The summed E-state index contributed by atoms with van der Waals surface area (Å²) in [7, 11) is 1.59. The summed E-state index contributed by atoms with van der Waals surface area (Å²) in [6.07, 6.45) is 3.25. The summed E-state index contributed by atoms with van der Waals surface area (Å²) in [6, 6.07) is 3.94. The molecule has 1 aromatic heterocycles. The first-order valence-electron chi connectivity index (χ1n) is 5.31. The van der Waals surface area contributed by atoms with Gasteiger partial charge in [0.1, 0.15) is 0 Å². The van der Waals surface area contributed by atoms with Crippen molar-refractivity contribution in [1.29, 1.82) is 0 Å². The monoisotopic (exact) mass is 221 g/mol. The fourth-order valence-electron chi connectivity index (χ4n) is 1.68. The van der Waals surface area contributed by atoms with Gasteiger partial charge in [-0.3, -0.25) is 4.79 Å². The fourth-order valence-corrected chi connectivity index (χ4v) is 1.68. The molecule has 2 rings (SSSR count). The predicted octanol–water partition coefficient (Wildman–Crippen LogP) is 0.781. The average molecular weight is 221 g/mol. The molecule has 5 nitrogen and oxygen atoms in total. The Labute approximate surface area is 94.2 Å². The molecule has 2 heterocycles. The molecular formula is C11H15N3O2. The summed E-state index contributed by atoms with van der Waals surface area (Å²) in [5, 5.41) is 6.13. The van der Waals surface area contributed by atoms with Crippen molar-refractivity contribution in [2.75, 3.05) is 19.0 Å². The van der Waals surface area contributed by atoms with Gasteiger partial charge in [0.05, 0.1) is 19.0 Å². The summed E-state index contributed by atoms with van der Waals surface area (Å²) >= 11 is 0. The van der Waals surface area contributed by atoms with Gasteiger partial charge >= 0.3 is 0 Å². The van der Waals surface area contributed by atoms with Gasteiger partial charge in [-0.15, -0.1) is 0 Å². The Bertz CT molecular complexity index is 364. The van der Waals surface area contributed by atoms with E-state index in [4.69, 9.17) is 4.74 Å². The van der Waals surface area contributed by atoms with Gasteiger partial charge in [0.25, 0.3) is 0 Å². The Morgan fingerprint density at radius 1 is 1.62 bits per heavy atom. The van der Waals surface area contributed by atoms with E-state index in [1.165, 1.54) is 0 Å². The Balaban J connectivity index is 1.82. The molecule has 1 amide bonds. The minimum atomic E-state index is 0.139. The number of pyridine rings is 1. The van der Waals surface area contributed by atoms with Gasteiger partial charge in [-0.05, 0) is 12.5 Å². The highest BCUT2D eigenvalue weighted by molar-refractivity contribution is 5.78. The van der Waals surface area contributed by atoms with Crippen LogP contribution in [0.2, 0.25) is 0 Å². The lowest BCUT2D eigenvalue weighted by molar-refractivity contribution is -0.119. The van der Waals surface area contributed by atoms with Crippen molar-refractivity contribution in [2.24, 2.45) is 0 Å². The van der Waals surface area contributed by atoms with E-state index < -0.39 is 0 Å². The molecule has 1 aromatic rings. The standard InChI is InChI=1S/C11H15N3O2/c1-16-11-5-3-8(6-13-11)12-7-9-2-4-10(15)14-9/h3,5-6,9,12H,2,4,7H2,1H3,(H,14,15). The lowest BCUT2D eigenvalue weighted by Gasteiger charge is -2.12. The number of carbonyl (C=O) groups is 1. The maximum absolute atomic E-state index is 11.0. The van der Waals surface area contributed by atoms with E-state index in [2.05, 4.69) is 15.6 Å². The Hall–Kier alpha value is -1.78. The number of aromatic nitrogens is 1. The van der Waals surface area contributed by atoms with Gasteiger partial charge in [-0.2, -0.15) is 0 Å². The molecule has 0 aromatic carbocycles. The quantitative estimate of drug-likeness (QED) is 0.788. The highest BCUT2D eigenvalue weighted by Gasteiger charge is 2.19. The minimum Gasteiger partial charge on any atom is -0.481 e. The number of ether oxygens (including phenoxy) is 1. The molecule has 0 spiro atoms. The Kier molecular flexibility index (Phi) is 3.24. The Morgan fingerprint density at radius 2 is 2.50 bits per heavy atom. The van der Waals surface area contributed by atoms with Crippen molar-refractivity contribution in [2.45, 2.75) is 18.9 Å². The number of hydrogen-bond acceptors (Lipinski definition) is 4. The van der Waals surface area contributed by atoms with Crippen molar-refractivity contribution in [3.05, 3.63) is 18.3 Å². The maximum Gasteiger partial charge on any atom is 0.220 e. The molecule has 1 atom stereocenters. The zero-order chi connectivity index (χ0) is 11.4. The molecule has 1 unspecified atom stereocenters. The second-order valence-corrected chi connectivity index (χ2v) is 3.77. The van der Waals surface area contributed by atoms with Gasteiger partial charge in [0.2, 0.25) is 11.8 Å². The third-order valence-corrected chi connectivity index (χ3v) is 2.58. The molecule has 16 heavy (non-hydrogen) atoms. The molecule has 5 heteroatoms. The molecule has 1 fully saturated rings. The zero-order valence-electron chi connectivity index (χ0n) is 9.19. The highest BCUT2D eigenvalue weighted by Crippen LogP contribution is 2.12. The molecule has 1 aliphatic rings. The van der Waals surface area contributed by atoms with Crippen molar-refractivity contribution in [1.82, 2.24) is 10.3 Å².